The van der Waals surface area contributed by atoms with Crippen LogP contribution in [-0.4, -0.2) is 31.3 Å². The van der Waals surface area contributed by atoms with Crippen LogP contribution in [-0.2, 0) is 0 Å². The zero-order valence-corrected chi connectivity index (χ0v) is 11.0. The Kier molecular flexibility index (Phi) is 3.56. The molecule has 2 aliphatic heterocycles. The third kappa shape index (κ3) is 2.66. The molecule has 0 N–H and O–H groups in total. The SMILES string of the molecule is N#CC(CN1CCCCC1)c1ccc2c(c1)OCO2. The molecule has 4 heteroatoms. The van der Waals surface area contributed by atoms with Gasteiger partial charge >= 0.3 is 0 Å². The standard InChI is InChI=1S/C15H18N2O2/c16-9-13(10-17-6-2-1-3-7-17)12-4-5-14-15(8-12)19-11-18-14/h4-5,8,13H,1-3,6-7,10-11H2. The highest BCUT2D eigenvalue weighted by Gasteiger charge is 2.20. The van der Waals surface area contributed by atoms with Crippen molar-refractivity contribution in [3.8, 4) is 17.6 Å². The minimum absolute atomic E-state index is 0.0902. The Morgan fingerprint density at radius 2 is 1.95 bits per heavy atom. The van der Waals surface area contributed by atoms with Gasteiger partial charge in [0.1, 0.15) is 0 Å². The molecule has 0 saturated carbocycles. The van der Waals surface area contributed by atoms with Crippen molar-refractivity contribution in [2.45, 2.75) is 25.2 Å². The molecule has 0 radical (unpaired) electrons. The molecule has 3 rings (SSSR count). The minimum atomic E-state index is -0.0902. The highest BCUT2D eigenvalue weighted by Crippen LogP contribution is 2.34. The summed E-state index contributed by atoms with van der Waals surface area (Å²) < 4.78 is 10.7. The van der Waals surface area contributed by atoms with E-state index in [2.05, 4.69) is 11.0 Å². The van der Waals surface area contributed by atoms with Crippen molar-refractivity contribution in [1.29, 1.82) is 5.26 Å². The molecule has 19 heavy (non-hydrogen) atoms. The predicted molar refractivity (Wildman–Crippen MR) is 71.2 cm³/mol. The Morgan fingerprint density at radius 1 is 1.16 bits per heavy atom. The highest BCUT2D eigenvalue weighted by molar-refractivity contribution is 5.46. The molecule has 1 saturated heterocycles. The third-order valence-electron chi connectivity index (χ3n) is 3.84. The van der Waals surface area contributed by atoms with Crippen LogP contribution in [0, 0.1) is 11.3 Å². The number of rotatable bonds is 3. The van der Waals surface area contributed by atoms with E-state index in [1.54, 1.807) is 0 Å². The predicted octanol–water partition coefficient (Wildman–Crippen LogP) is 2.51. The van der Waals surface area contributed by atoms with Crippen molar-refractivity contribution < 1.29 is 9.47 Å². The molecule has 0 amide bonds. The lowest BCUT2D eigenvalue weighted by Crippen LogP contribution is -2.33. The molecular formula is C15H18N2O2. The highest BCUT2D eigenvalue weighted by atomic mass is 16.7. The molecule has 1 aromatic rings. The minimum Gasteiger partial charge on any atom is -0.454 e. The average molecular weight is 258 g/mol. The van der Waals surface area contributed by atoms with Crippen LogP contribution in [0.15, 0.2) is 18.2 Å². The van der Waals surface area contributed by atoms with Gasteiger partial charge in [0.15, 0.2) is 11.5 Å². The first-order valence-corrected chi connectivity index (χ1v) is 6.88. The molecule has 0 bridgehead atoms. The lowest BCUT2D eigenvalue weighted by molar-refractivity contribution is 0.174. The van der Waals surface area contributed by atoms with E-state index in [1.807, 2.05) is 18.2 Å². The molecule has 0 spiro atoms. The van der Waals surface area contributed by atoms with Gasteiger partial charge in [-0.25, -0.2) is 0 Å². The third-order valence-corrected chi connectivity index (χ3v) is 3.84. The maximum Gasteiger partial charge on any atom is 0.231 e. The second-order valence-electron chi connectivity index (χ2n) is 5.16. The summed E-state index contributed by atoms with van der Waals surface area (Å²) in [6.45, 7) is 3.32. The van der Waals surface area contributed by atoms with Crippen molar-refractivity contribution in [1.82, 2.24) is 4.90 Å². The summed E-state index contributed by atoms with van der Waals surface area (Å²) >= 11 is 0. The molecular weight excluding hydrogens is 240 g/mol. The van der Waals surface area contributed by atoms with Gasteiger partial charge in [0, 0.05) is 6.54 Å². The first-order chi connectivity index (χ1) is 9.36. The molecule has 2 heterocycles. The fourth-order valence-electron chi connectivity index (χ4n) is 2.75. The topological polar surface area (TPSA) is 45.5 Å². The lowest BCUT2D eigenvalue weighted by Gasteiger charge is -2.28. The van der Waals surface area contributed by atoms with Gasteiger partial charge in [0.05, 0.1) is 12.0 Å². The molecule has 2 aliphatic rings. The van der Waals surface area contributed by atoms with Crippen LogP contribution in [0.25, 0.3) is 0 Å². The second-order valence-corrected chi connectivity index (χ2v) is 5.16. The number of nitrogens with zero attached hydrogens (tertiary/aromatic N) is 2. The summed E-state index contributed by atoms with van der Waals surface area (Å²) in [4.78, 5) is 2.39. The summed E-state index contributed by atoms with van der Waals surface area (Å²) in [5.41, 5.74) is 1.03. The van der Waals surface area contributed by atoms with E-state index >= 15 is 0 Å². The number of likely N-dealkylation sites (tertiary alicyclic amines) is 1. The van der Waals surface area contributed by atoms with E-state index in [1.165, 1.54) is 19.3 Å². The fraction of sp³-hybridized carbons (Fsp3) is 0.533. The van der Waals surface area contributed by atoms with E-state index in [0.717, 1.165) is 36.7 Å². The number of benzene rings is 1. The average Bonchev–Trinajstić information content (AvgIpc) is 2.93. The molecule has 0 aromatic heterocycles. The maximum atomic E-state index is 9.41. The van der Waals surface area contributed by atoms with Crippen LogP contribution >= 0.6 is 0 Å². The van der Waals surface area contributed by atoms with E-state index in [9.17, 15) is 5.26 Å². The smallest absolute Gasteiger partial charge is 0.231 e. The van der Waals surface area contributed by atoms with Gasteiger partial charge < -0.3 is 14.4 Å². The molecule has 1 unspecified atom stereocenters. The van der Waals surface area contributed by atoms with Gasteiger partial charge in [-0.15, -0.1) is 0 Å². The zero-order valence-electron chi connectivity index (χ0n) is 11.0. The summed E-state index contributed by atoms with van der Waals surface area (Å²) in [6.07, 6.45) is 3.82. The molecule has 1 atom stereocenters. The normalized spacial score (nSPS) is 19.9. The summed E-state index contributed by atoms with van der Waals surface area (Å²) in [7, 11) is 0. The number of ether oxygens (including phenoxy) is 2. The van der Waals surface area contributed by atoms with Crippen molar-refractivity contribution in [3.05, 3.63) is 23.8 Å². The van der Waals surface area contributed by atoms with Crippen LogP contribution in [0.5, 0.6) is 11.5 Å². The number of hydrogen-bond acceptors (Lipinski definition) is 4. The van der Waals surface area contributed by atoms with Crippen LogP contribution in [0.4, 0.5) is 0 Å². The molecule has 100 valence electrons. The Bertz CT molecular complexity index is 489. The Morgan fingerprint density at radius 3 is 2.74 bits per heavy atom. The zero-order chi connectivity index (χ0) is 13.1. The second kappa shape index (κ2) is 5.50. The summed E-state index contributed by atoms with van der Waals surface area (Å²) in [5.74, 6) is 1.45. The summed E-state index contributed by atoms with van der Waals surface area (Å²) in [5, 5.41) is 9.41. The van der Waals surface area contributed by atoms with Crippen molar-refractivity contribution in [2.24, 2.45) is 0 Å². The van der Waals surface area contributed by atoms with Gasteiger partial charge in [-0.05, 0) is 43.6 Å². The largest absolute Gasteiger partial charge is 0.454 e. The lowest BCUT2D eigenvalue weighted by atomic mass is 9.98. The number of fused-ring (bicyclic) bond motifs is 1. The van der Waals surface area contributed by atoms with E-state index < -0.39 is 0 Å². The molecule has 1 fully saturated rings. The number of hydrogen-bond donors (Lipinski definition) is 0. The Balaban J connectivity index is 1.73. The number of piperidine rings is 1. The molecule has 1 aromatic carbocycles. The Labute approximate surface area is 113 Å². The first kappa shape index (κ1) is 12.3. The fourth-order valence-corrected chi connectivity index (χ4v) is 2.75. The van der Waals surface area contributed by atoms with Crippen LogP contribution in [0.1, 0.15) is 30.7 Å². The van der Waals surface area contributed by atoms with Gasteiger partial charge in [0.25, 0.3) is 0 Å². The quantitative estimate of drug-likeness (QED) is 0.835. The van der Waals surface area contributed by atoms with Gasteiger partial charge in [-0.1, -0.05) is 12.5 Å². The Hall–Kier alpha value is -1.73. The molecule has 0 aliphatic carbocycles. The van der Waals surface area contributed by atoms with Crippen LogP contribution < -0.4 is 9.47 Å². The molecule has 4 nitrogen and oxygen atoms in total. The van der Waals surface area contributed by atoms with Crippen molar-refractivity contribution in [2.75, 3.05) is 26.4 Å². The monoisotopic (exact) mass is 258 g/mol. The van der Waals surface area contributed by atoms with Crippen LogP contribution in [0.2, 0.25) is 0 Å². The van der Waals surface area contributed by atoms with E-state index in [-0.39, 0.29) is 12.7 Å². The van der Waals surface area contributed by atoms with Crippen molar-refractivity contribution in [3.63, 3.8) is 0 Å². The van der Waals surface area contributed by atoms with Crippen LogP contribution in [0.3, 0.4) is 0 Å². The maximum absolute atomic E-state index is 9.41. The van der Waals surface area contributed by atoms with Crippen molar-refractivity contribution >= 4 is 0 Å². The van der Waals surface area contributed by atoms with Gasteiger partial charge in [-0.3, -0.25) is 0 Å². The number of nitriles is 1. The van der Waals surface area contributed by atoms with Gasteiger partial charge in [0.2, 0.25) is 6.79 Å². The van der Waals surface area contributed by atoms with E-state index in [4.69, 9.17) is 9.47 Å². The summed E-state index contributed by atoms with van der Waals surface area (Å²) in [6, 6.07) is 8.24. The first-order valence-electron chi connectivity index (χ1n) is 6.88. The van der Waals surface area contributed by atoms with Gasteiger partial charge in [-0.2, -0.15) is 5.26 Å². The van der Waals surface area contributed by atoms with E-state index in [0.29, 0.717) is 0 Å².